The maximum absolute atomic E-state index is 5.26. The van der Waals surface area contributed by atoms with Crippen LogP contribution >= 0.6 is 11.3 Å². The first kappa shape index (κ1) is 13.4. The van der Waals surface area contributed by atoms with E-state index in [0.29, 0.717) is 12.6 Å². The molecule has 0 bridgehead atoms. The number of ether oxygens (including phenoxy) is 1. The molecule has 2 rings (SSSR count). The Morgan fingerprint density at radius 1 is 1.44 bits per heavy atom. The van der Waals surface area contributed by atoms with E-state index in [1.807, 2.05) is 6.07 Å². The topological polar surface area (TPSA) is 47.0 Å². The number of thiophene rings is 1. The standard InChI is InChI=1S/C13H19N3OS/c1-3-5-14-10(8-17-2)7-12-13-11(4-6-18-13)15-9-16-12/h4,6,9-10,14H,3,5,7-8H2,1-2H3. The maximum Gasteiger partial charge on any atom is 0.116 e. The zero-order valence-corrected chi connectivity index (χ0v) is 11.7. The lowest BCUT2D eigenvalue weighted by molar-refractivity contribution is 0.166. The van der Waals surface area contributed by atoms with Crippen molar-refractivity contribution in [1.82, 2.24) is 15.3 Å². The molecule has 0 radical (unpaired) electrons. The Morgan fingerprint density at radius 3 is 3.11 bits per heavy atom. The van der Waals surface area contributed by atoms with E-state index in [9.17, 15) is 0 Å². The Hall–Kier alpha value is -1.04. The summed E-state index contributed by atoms with van der Waals surface area (Å²) in [4.78, 5) is 8.68. The van der Waals surface area contributed by atoms with Crippen LogP contribution in [0.3, 0.4) is 0 Å². The van der Waals surface area contributed by atoms with E-state index >= 15 is 0 Å². The number of nitrogens with one attached hydrogen (secondary N) is 1. The molecule has 0 amide bonds. The molecule has 0 fully saturated rings. The second-order valence-electron chi connectivity index (χ2n) is 4.27. The van der Waals surface area contributed by atoms with E-state index in [2.05, 4.69) is 27.6 Å². The summed E-state index contributed by atoms with van der Waals surface area (Å²) in [6.07, 6.45) is 3.65. The van der Waals surface area contributed by atoms with Gasteiger partial charge in [0.2, 0.25) is 0 Å². The van der Waals surface area contributed by atoms with E-state index < -0.39 is 0 Å². The van der Waals surface area contributed by atoms with Crippen LogP contribution in [0.15, 0.2) is 17.8 Å². The number of nitrogens with zero attached hydrogens (tertiary/aromatic N) is 2. The van der Waals surface area contributed by atoms with Gasteiger partial charge in [-0.05, 0) is 24.4 Å². The zero-order chi connectivity index (χ0) is 12.8. The lowest BCUT2D eigenvalue weighted by Crippen LogP contribution is -2.35. The van der Waals surface area contributed by atoms with E-state index in [1.165, 1.54) is 4.70 Å². The van der Waals surface area contributed by atoms with Gasteiger partial charge in [-0.3, -0.25) is 0 Å². The molecule has 98 valence electrons. The lowest BCUT2D eigenvalue weighted by Gasteiger charge is -2.17. The Balaban J connectivity index is 2.12. The SMILES string of the molecule is CCCNC(COC)Cc1ncnc2ccsc12. The molecule has 0 aliphatic heterocycles. The van der Waals surface area contributed by atoms with Crippen LogP contribution in [0.25, 0.3) is 10.2 Å². The van der Waals surface area contributed by atoms with E-state index in [-0.39, 0.29) is 0 Å². The van der Waals surface area contributed by atoms with Crippen LogP contribution in [0.2, 0.25) is 0 Å². The van der Waals surface area contributed by atoms with Crippen LogP contribution in [-0.4, -0.2) is 36.3 Å². The summed E-state index contributed by atoms with van der Waals surface area (Å²) in [5, 5.41) is 5.56. The Labute approximate surface area is 111 Å². The fourth-order valence-electron chi connectivity index (χ4n) is 1.96. The lowest BCUT2D eigenvalue weighted by atomic mass is 10.1. The first-order chi connectivity index (χ1) is 8.85. The van der Waals surface area contributed by atoms with Crippen LogP contribution in [0, 0.1) is 0 Å². The summed E-state index contributed by atoms with van der Waals surface area (Å²) in [5.41, 5.74) is 2.15. The number of methoxy groups -OCH3 is 1. The smallest absolute Gasteiger partial charge is 0.116 e. The quantitative estimate of drug-likeness (QED) is 0.834. The Bertz CT molecular complexity index is 486. The predicted molar refractivity (Wildman–Crippen MR) is 75.1 cm³/mol. The van der Waals surface area contributed by atoms with Crippen molar-refractivity contribution < 1.29 is 4.74 Å². The van der Waals surface area contributed by atoms with E-state index in [0.717, 1.165) is 30.6 Å². The summed E-state index contributed by atoms with van der Waals surface area (Å²) in [6, 6.07) is 2.35. The van der Waals surface area contributed by atoms with Gasteiger partial charge in [0, 0.05) is 19.6 Å². The highest BCUT2D eigenvalue weighted by Gasteiger charge is 2.12. The fourth-order valence-corrected chi connectivity index (χ4v) is 2.80. The average molecular weight is 265 g/mol. The molecule has 2 aromatic rings. The van der Waals surface area contributed by atoms with Crippen molar-refractivity contribution in [3.05, 3.63) is 23.5 Å². The summed E-state index contributed by atoms with van der Waals surface area (Å²) in [5.74, 6) is 0. The third kappa shape index (κ3) is 3.25. The minimum Gasteiger partial charge on any atom is -0.383 e. The normalized spacial score (nSPS) is 13.0. The summed E-state index contributed by atoms with van der Waals surface area (Å²) >= 11 is 1.70. The largest absolute Gasteiger partial charge is 0.383 e. The molecule has 4 nitrogen and oxygen atoms in total. The van der Waals surface area contributed by atoms with Crippen LogP contribution in [0.5, 0.6) is 0 Å². The zero-order valence-electron chi connectivity index (χ0n) is 10.8. The fraction of sp³-hybridized carbons (Fsp3) is 0.538. The molecule has 5 heteroatoms. The number of hydrogen-bond donors (Lipinski definition) is 1. The molecule has 2 heterocycles. The van der Waals surface area contributed by atoms with Gasteiger partial charge in [0.05, 0.1) is 22.5 Å². The van der Waals surface area contributed by atoms with Crippen LogP contribution < -0.4 is 5.32 Å². The van der Waals surface area contributed by atoms with Crippen molar-refractivity contribution >= 4 is 21.6 Å². The van der Waals surface area contributed by atoms with Crippen LogP contribution in [-0.2, 0) is 11.2 Å². The van der Waals surface area contributed by atoms with Gasteiger partial charge >= 0.3 is 0 Å². The first-order valence-corrected chi connectivity index (χ1v) is 7.12. The maximum atomic E-state index is 5.26. The minimum atomic E-state index is 0.315. The molecular weight excluding hydrogens is 246 g/mol. The van der Waals surface area contributed by atoms with Gasteiger partial charge in [0.1, 0.15) is 6.33 Å². The summed E-state index contributed by atoms with van der Waals surface area (Å²) in [7, 11) is 1.74. The van der Waals surface area contributed by atoms with E-state index in [4.69, 9.17) is 4.74 Å². The van der Waals surface area contributed by atoms with Gasteiger partial charge in [-0.15, -0.1) is 11.3 Å². The van der Waals surface area contributed by atoms with Crippen LogP contribution in [0.4, 0.5) is 0 Å². The van der Waals surface area contributed by atoms with Crippen molar-refractivity contribution in [3.63, 3.8) is 0 Å². The molecule has 0 aromatic carbocycles. The molecule has 0 saturated heterocycles. The molecule has 1 atom stereocenters. The number of aromatic nitrogens is 2. The van der Waals surface area contributed by atoms with Gasteiger partial charge in [0.25, 0.3) is 0 Å². The molecular formula is C13H19N3OS. The number of fused-ring (bicyclic) bond motifs is 1. The molecule has 0 aliphatic carbocycles. The molecule has 0 spiro atoms. The second-order valence-corrected chi connectivity index (χ2v) is 5.18. The van der Waals surface area contributed by atoms with Crippen molar-refractivity contribution in [1.29, 1.82) is 0 Å². The molecule has 18 heavy (non-hydrogen) atoms. The van der Waals surface area contributed by atoms with Gasteiger partial charge in [-0.2, -0.15) is 0 Å². The average Bonchev–Trinajstić information content (AvgIpc) is 2.85. The highest BCUT2D eigenvalue weighted by Crippen LogP contribution is 2.22. The Morgan fingerprint density at radius 2 is 2.33 bits per heavy atom. The first-order valence-electron chi connectivity index (χ1n) is 6.24. The molecule has 1 unspecified atom stereocenters. The van der Waals surface area contributed by atoms with Gasteiger partial charge in [-0.25, -0.2) is 9.97 Å². The van der Waals surface area contributed by atoms with Crippen molar-refractivity contribution in [3.8, 4) is 0 Å². The minimum absolute atomic E-state index is 0.315. The van der Waals surface area contributed by atoms with Gasteiger partial charge in [-0.1, -0.05) is 6.92 Å². The molecule has 1 N–H and O–H groups in total. The molecule has 0 aliphatic rings. The van der Waals surface area contributed by atoms with Crippen molar-refractivity contribution in [2.24, 2.45) is 0 Å². The van der Waals surface area contributed by atoms with Crippen molar-refractivity contribution in [2.45, 2.75) is 25.8 Å². The van der Waals surface area contributed by atoms with Gasteiger partial charge < -0.3 is 10.1 Å². The number of rotatable bonds is 7. The second kappa shape index (κ2) is 6.78. The highest BCUT2D eigenvalue weighted by molar-refractivity contribution is 7.17. The van der Waals surface area contributed by atoms with E-state index in [1.54, 1.807) is 24.8 Å². The molecule has 0 saturated carbocycles. The molecule has 2 aromatic heterocycles. The summed E-state index contributed by atoms with van der Waals surface area (Å²) in [6.45, 7) is 3.88. The highest BCUT2D eigenvalue weighted by atomic mass is 32.1. The van der Waals surface area contributed by atoms with Gasteiger partial charge in [0.15, 0.2) is 0 Å². The summed E-state index contributed by atoms with van der Waals surface area (Å²) < 4.78 is 6.46. The third-order valence-electron chi connectivity index (χ3n) is 2.81. The van der Waals surface area contributed by atoms with Crippen molar-refractivity contribution in [2.75, 3.05) is 20.3 Å². The third-order valence-corrected chi connectivity index (χ3v) is 3.76. The van der Waals surface area contributed by atoms with Crippen LogP contribution in [0.1, 0.15) is 19.0 Å². The Kier molecular flexibility index (Phi) is 5.04. The predicted octanol–water partition coefficient (Wildman–Crippen LogP) is 2.25. The monoisotopic (exact) mass is 265 g/mol. The number of hydrogen-bond acceptors (Lipinski definition) is 5.